The van der Waals surface area contributed by atoms with Gasteiger partial charge in [-0.2, -0.15) is 0 Å². The van der Waals surface area contributed by atoms with Crippen LogP contribution in [0.4, 0.5) is 4.39 Å². The van der Waals surface area contributed by atoms with Crippen molar-refractivity contribution in [2.45, 2.75) is 12.8 Å². The summed E-state index contributed by atoms with van der Waals surface area (Å²) in [6.07, 6.45) is 0.417. The number of benzene rings is 1. The lowest BCUT2D eigenvalue weighted by Crippen LogP contribution is -2.10. The molecule has 1 aromatic carbocycles. The minimum absolute atomic E-state index is 0.0196. The molecule has 0 saturated heterocycles. The van der Waals surface area contributed by atoms with E-state index in [0.29, 0.717) is 25.4 Å². The average Bonchev–Trinajstić information content (AvgIpc) is 2.35. The highest BCUT2D eigenvalue weighted by molar-refractivity contribution is 6.31. The number of hydrogen-bond acceptors (Lipinski definition) is 3. The van der Waals surface area contributed by atoms with E-state index in [-0.39, 0.29) is 23.6 Å². The quantitative estimate of drug-likeness (QED) is 0.684. The number of hydrogen-bond donors (Lipinski definition) is 0. The minimum atomic E-state index is -0.502. The van der Waals surface area contributed by atoms with Gasteiger partial charge in [-0.1, -0.05) is 23.7 Å². The molecule has 3 nitrogen and oxygen atoms in total. The fourth-order valence-corrected chi connectivity index (χ4v) is 1.61. The predicted octanol–water partition coefficient (Wildman–Crippen LogP) is 2.64. The van der Waals surface area contributed by atoms with E-state index in [9.17, 15) is 9.18 Å². The Morgan fingerprint density at radius 3 is 2.83 bits per heavy atom. The van der Waals surface area contributed by atoms with Gasteiger partial charge in [0.05, 0.1) is 24.8 Å². The number of Topliss-reactive ketones (excluding diaryl/α,β-unsaturated/α-hetero) is 1. The van der Waals surface area contributed by atoms with E-state index in [1.54, 1.807) is 19.2 Å². The highest BCUT2D eigenvalue weighted by Crippen LogP contribution is 2.20. The van der Waals surface area contributed by atoms with E-state index in [1.807, 2.05) is 0 Å². The van der Waals surface area contributed by atoms with E-state index in [1.165, 1.54) is 6.07 Å². The van der Waals surface area contributed by atoms with Crippen LogP contribution >= 0.6 is 11.6 Å². The summed E-state index contributed by atoms with van der Waals surface area (Å²) < 4.78 is 23.1. The lowest BCUT2D eigenvalue weighted by Gasteiger charge is -2.05. The predicted molar refractivity (Wildman–Crippen MR) is 67.4 cm³/mol. The molecule has 0 aliphatic rings. The first-order valence-electron chi connectivity index (χ1n) is 5.66. The summed E-state index contributed by atoms with van der Waals surface area (Å²) in [6, 6.07) is 4.46. The second-order valence-corrected chi connectivity index (χ2v) is 4.16. The van der Waals surface area contributed by atoms with Gasteiger partial charge in [-0.3, -0.25) is 4.79 Å². The highest BCUT2D eigenvalue weighted by atomic mass is 35.5. The minimum Gasteiger partial charge on any atom is -0.382 e. The van der Waals surface area contributed by atoms with E-state index in [4.69, 9.17) is 21.1 Å². The van der Waals surface area contributed by atoms with Crippen LogP contribution in [0, 0.1) is 5.82 Å². The molecule has 18 heavy (non-hydrogen) atoms. The zero-order valence-electron chi connectivity index (χ0n) is 10.2. The maximum absolute atomic E-state index is 13.1. The summed E-state index contributed by atoms with van der Waals surface area (Å²) in [4.78, 5) is 11.6. The maximum Gasteiger partial charge on any atom is 0.142 e. The van der Waals surface area contributed by atoms with E-state index in [2.05, 4.69) is 0 Å². The monoisotopic (exact) mass is 274 g/mol. The zero-order valence-corrected chi connectivity index (χ0v) is 11.0. The molecular weight excluding hydrogens is 259 g/mol. The van der Waals surface area contributed by atoms with Gasteiger partial charge in [0, 0.05) is 20.0 Å². The van der Waals surface area contributed by atoms with Crippen LogP contribution in [0.1, 0.15) is 12.0 Å². The van der Waals surface area contributed by atoms with E-state index < -0.39 is 5.82 Å². The molecule has 0 amide bonds. The lowest BCUT2D eigenvalue weighted by atomic mass is 10.1. The number of halogens is 2. The van der Waals surface area contributed by atoms with Crippen LogP contribution in [0.5, 0.6) is 0 Å². The van der Waals surface area contributed by atoms with Crippen molar-refractivity contribution in [3.63, 3.8) is 0 Å². The molecule has 0 saturated carbocycles. The summed E-state index contributed by atoms with van der Waals surface area (Å²) in [7, 11) is 1.58. The van der Waals surface area contributed by atoms with Crippen molar-refractivity contribution < 1.29 is 18.7 Å². The van der Waals surface area contributed by atoms with Crippen molar-refractivity contribution in [3.05, 3.63) is 34.6 Å². The van der Waals surface area contributed by atoms with Crippen LogP contribution in [-0.2, 0) is 20.7 Å². The van der Waals surface area contributed by atoms with Gasteiger partial charge < -0.3 is 9.47 Å². The molecule has 0 spiro atoms. The standard InChI is InChI=1S/C13H16ClFO3/c1-17-7-8-18-6-5-11(16)9-10-3-2-4-12(15)13(10)14/h2-4H,5-9H2,1H3. The SMILES string of the molecule is COCCOCCC(=O)Cc1cccc(F)c1Cl. The van der Waals surface area contributed by atoms with Crippen LogP contribution in [0.2, 0.25) is 5.02 Å². The Morgan fingerprint density at radius 1 is 1.33 bits per heavy atom. The fraction of sp³-hybridized carbons (Fsp3) is 0.462. The Hall–Kier alpha value is -0.970. The Labute approximate surface area is 111 Å². The van der Waals surface area contributed by atoms with E-state index >= 15 is 0 Å². The molecule has 0 heterocycles. The maximum atomic E-state index is 13.1. The average molecular weight is 275 g/mol. The van der Waals surface area contributed by atoms with Crippen molar-refractivity contribution >= 4 is 17.4 Å². The highest BCUT2D eigenvalue weighted by Gasteiger charge is 2.10. The van der Waals surface area contributed by atoms with Crippen molar-refractivity contribution in [2.24, 2.45) is 0 Å². The van der Waals surface area contributed by atoms with Gasteiger partial charge in [0.2, 0.25) is 0 Å². The number of methoxy groups -OCH3 is 1. The van der Waals surface area contributed by atoms with Gasteiger partial charge in [0.25, 0.3) is 0 Å². The molecule has 0 unspecified atom stereocenters. The molecule has 100 valence electrons. The number of ether oxygens (including phenoxy) is 2. The smallest absolute Gasteiger partial charge is 0.142 e. The normalized spacial score (nSPS) is 10.6. The first kappa shape index (κ1) is 15.1. The summed E-state index contributed by atoms with van der Waals surface area (Å²) in [5.74, 6) is -0.529. The first-order chi connectivity index (χ1) is 8.65. The third kappa shape index (κ3) is 5.12. The molecule has 0 radical (unpaired) electrons. The van der Waals surface area contributed by atoms with Gasteiger partial charge in [-0.05, 0) is 11.6 Å². The van der Waals surface area contributed by atoms with Crippen molar-refractivity contribution in [2.75, 3.05) is 26.9 Å². The first-order valence-corrected chi connectivity index (χ1v) is 6.04. The third-order valence-corrected chi connectivity index (χ3v) is 2.80. The molecule has 0 aromatic heterocycles. The Kier molecular flexibility index (Phi) is 6.86. The number of ketones is 1. The number of rotatable bonds is 8. The Bertz CT molecular complexity index is 396. The molecule has 5 heteroatoms. The van der Waals surface area contributed by atoms with Crippen molar-refractivity contribution in [1.29, 1.82) is 0 Å². The molecule has 0 atom stereocenters. The number of carbonyl (C=O) groups excluding carboxylic acids is 1. The van der Waals surface area contributed by atoms with Crippen LogP contribution in [0.15, 0.2) is 18.2 Å². The molecule has 0 N–H and O–H groups in total. The summed E-state index contributed by atoms with van der Waals surface area (Å²) in [6.45, 7) is 1.31. The topological polar surface area (TPSA) is 35.5 Å². The van der Waals surface area contributed by atoms with Crippen molar-refractivity contribution in [1.82, 2.24) is 0 Å². The van der Waals surface area contributed by atoms with Gasteiger partial charge in [0.1, 0.15) is 11.6 Å². The van der Waals surface area contributed by atoms with Gasteiger partial charge in [-0.15, -0.1) is 0 Å². The zero-order chi connectivity index (χ0) is 13.4. The Morgan fingerprint density at radius 2 is 2.11 bits per heavy atom. The molecule has 0 aliphatic carbocycles. The molecule has 0 bridgehead atoms. The summed E-state index contributed by atoms with van der Waals surface area (Å²) in [5.41, 5.74) is 0.513. The van der Waals surface area contributed by atoms with Gasteiger partial charge in [-0.25, -0.2) is 4.39 Å². The van der Waals surface area contributed by atoms with Crippen LogP contribution in [-0.4, -0.2) is 32.7 Å². The summed E-state index contributed by atoms with van der Waals surface area (Å²) >= 11 is 5.76. The number of carbonyl (C=O) groups is 1. The fourth-order valence-electron chi connectivity index (χ4n) is 1.42. The largest absolute Gasteiger partial charge is 0.382 e. The van der Waals surface area contributed by atoms with Crippen LogP contribution in [0.3, 0.4) is 0 Å². The molecule has 0 aliphatic heterocycles. The molecule has 0 fully saturated rings. The second kappa shape index (κ2) is 8.19. The summed E-state index contributed by atoms with van der Waals surface area (Å²) in [5, 5.41) is 0.0196. The van der Waals surface area contributed by atoms with Gasteiger partial charge in [0.15, 0.2) is 0 Å². The second-order valence-electron chi connectivity index (χ2n) is 3.78. The Balaban J connectivity index is 2.34. The lowest BCUT2D eigenvalue weighted by molar-refractivity contribution is -0.119. The third-order valence-electron chi connectivity index (χ3n) is 2.38. The van der Waals surface area contributed by atoms with E-state index in [0.717, 1.165) is 0 Å². The molecule has 1 rings (SSSR count). The van der Waals surface area contributed by atoms with Gasteiger partial charge >= 0.3 is 0 Å². The van der Waals surface area contributed by atoms with Crippen LogP contribution in [0.25, 0.3) is 0 Å². The molecular formula is C13H16ClFO3. The van der Waals surface area contributed by atoms with Crippen molar-refractivity contribution in [3.8, 4) is 0 Å². The molecule has 1 aromatic rings. The van der Waals surface area contributed by atoms with Crippen LogP contribution < -0.4 is 0 Å².